The summed E-state index contributed by atoms with van der Waals surface area (Å²) in [4.78, 5) is 12.9. The largest absolute Gasteiger partial charge is 0.497 e. The van der Waals surface area contributed by atoms with Crippen LogP contribution in [0.5, 0.6) is 11.5 Å². The Hall–Kier alpha value is -4.05. The van der Waals surface area contributed by atoms with Gasteiger partial charge in [0, 0.05) is 31.1 Å². The molecule has 4 rings (SSSR count). The van der Waals surface area contributed by atoms with Crippen LogP contribution in [-0.2, 0) is 16.6 Å². The van der Waals surface area contributed by atoms with E-state index in [2.05, 4.69) is 5.32 Å². The molecule has 188 valence electrons. The fraction of sp³-hybridized carbons (Fsp3) is 0.192. The van der Waals surface area contributed by atoms with Crippen molar-refractivity contribution in [1.29, 1.82) is 0 Å². The first-order valence-electron chi connectivity index (χ1n) is 10.9. The van der Waals surface area contributed by atoms with Crippen LogP contribution in [0.4, 0.5) is 10.1 Å². The summed E-state index contributed by atoms with van der Waals surface area (Å²) >= 11 is 0. The number of hydrogen-bond acceptors (Lipinski definition) is 6. The smallest absolute Gasteiger partial charge is 0.255 e. The molecule has 1 aromatic heterocycles. The third-order valence-electron chi connectivity index (χ3n) is 5.72. The minimum absolute atomic E-state index is 0.137. The first-order valence-corrected chi connectivity index (χ1v) is 12.8. The number of sulfonamides is 1. The van der Waals surface area contributed by atoms with Crippen molar-refractivity contribution in [3.63, 3.8) is 0 Å². The Balaban J connectivity index is 1.87. The number of halogens is 1. The fourth-order valence-corrected chi connectivity index (χ4v) is 4.19. The highest BCUT2D eigenvalue weighted by atomic mass is 32.2. The average molecular weight is 513 g/mol. The van der Waals surface area contributed by atoms with E-state index in [0.29, 0.717) is 16.7 Å². The van der Waals surface area contributed by atoms with Crippen LogP contribution in [0.15, 0.2) is 65.1 Å². The van der Waals surface area contributed by atoms with E-state index in [0.717, 1.165) is 16.1 Å². The topological polar surface area (TPSA) is 98.1 Å². The molecule has 0 aliphatic carbocycles. The summed E-state index contributed by atoms with van der Waals surface area (Å²) in [5.41, 5.74) is 2.05. The van der Waals surface area contributed by atoms with E-state index in [1.165, 1.54) is 44.4 Å². The lowest BCUT2D eigenvalue weighted by Crippen LogP contribution is -2.25. The van der Waals surface area contributed by atoms with Crippen molar-refractivity contribution in [2.45, 2.75) is 6.61 Å². The predicted molar refractivity (Wildman–Crippen MR) is 136 cm³/mol. The van der Waals surface area contributed by atoms with Gasteiger partial charge in [0.2, 0.25) is 10.0 Å². The van der Waals surface area contributed by atoms with Crippen LogP contribution >= 0.6 is 0 Å². The maximum absolute atomic E-state index is 13.5. The molecule has 3 aromatic carbocycles. The lowest BCUT2D eigenvalue weighted by atomic mass is 10.0. The Morgan fingerprint density at radius 2 is 1.75 bits per heavy atom. The molecular formula is C26H25FN2O6S. The van der Waals surface area contributed by atoms with Crippen molar-refractivity contribution in [2.75, 3.05) is 31.8 Å². The monoisotopic (exact) mass is 512 g/mol. The third kappa shape index (κ3) is 4.99. The molecule has 0 aliphatic heterocycles. The van der Waals surface area contributed by atoms with E-state index in [-0.39, 0.29) is 35.0 Å². The van der Waals surface area contributed by atoms with Gasteiger partial charge in [-0.2, -0.15) is 0 Å². The molecule has 0 saturated carbocycles. The molecule has 36 heavy (non-hydrogen) atoms. The standard InChI is InChI=1S/C26H25FN2O6S/c1-28-26(30)24-20-13-23(34-15-16-5-11-19(33-3)12-6-16)21(29(2)36(4,31)32)14-22(20)35-25(24)17-7-9-18(27)10-8-17/h5-14H,15H2,1-4H3,(H,28,30). The zero-order valence-electron chi connectivity index (χ0n) is 20.2. The number of hydrogen-bond donors (Lipinski definition) is 1. The third-order valence-corrected chi connectivity index (χ3v) is 6.91. The molecular weight excluding hydrogens is 487 g/mol. The van der Waals surface area contributed by atoms with Crippen LogP contribution < -0.4 is 19.1 Å². The summed E-state index contributed by atoms with van der Waals surface area (Å²) < 4.78 is 56.6. The first kappa shape index (κ1) is 25.1. The molecule has 8 nitrogen and oxygen atoms in total. The molecule has 0 saturated heterocycles. The van der Waals surface area contributed by atoms with Gasteiger partial charge in [0.1, 0.15) is 35.3 Å². The minimum atomic E-state index is -3.65. The molecule has 0 aliphatic rings. The number of carbonyl (C=O) groups excluding carboxylic acids is 1. The Morgan fingerprint density at radius 1 is 1.08 bits per heavy atom. The number of nitrogens with one attached hydrogen (secondary N) is 1. The van der Waals surface area contributed by atoms with Gasteiger partial charge in [-0.25, -0.2) is 12.8 Å². The average Bonchev–Trinajstić information content (AvgIpc) is 3.24. The van der Waals surface area contributed by atoms with Crippen molar-refractivity contribution in [2.24, 2.45) is 0 Å². The summed E-state index contributed by atoms with van der Waals surface area (Å²) in [6.45, 7) is 0.137. The number of carbonyl (C=O) groups is 1. The number of rotatable bonds is 8. The van der Waals surface area contributed by atoms with Crippen molar-refractivity contribution >= 4 is 32.6 Å². The molecule has 0 atom stereocenters. The summed E-state index contributed by atoms with van der Waals surface area (Å²) in [5, 5.41) is 3.02. The van der Waals surface area contributed by atoms with Gasteiger partial charge in [-0.05, 0) is 48.0 Å². The number of nitrogens with zero attached hydrogens (tertiary/aromatic N) is 1. The van der Waals surface area contributed by atoms with E-state index in [1.807, 2.05) is 12.1 Å². The zero-order chi connectivity index (χ0) is 26.0. The highest BCUT2D eigenvalue weighted by Gasteiger charge is 2.26. The molecule has 0 radical (unpaired) electrons. The number of furan rings is 1. The molecule has 1 N–H and O–H groups in total. The van der Waals surface area contributed by atoms with Gasteiger partial charge in [0.15, 0.2) is 0 Å². The highest BCUT2D eigenvalue weighted by molar-refractivity contribution is 7.92. The van der Waals surface area contributed by atoms with Crippen molar-refractivity contribution in [1.82, 2.24) is 5.32 Å². The second-order valence-electron chi connectivity index (χ2n) is 8.08. The molecule has 0 spiro atoms. The maximum atomic E-state index is 13.5. The van der Waals surface area contributed by atoms with E-state index < -0.39 is 21.7 Å². The van der Waals surface area contributed by atoms with Crippen LogP contribution in [0.2, 0.25) is 0 Å². The molecule has 0 fully saturated rings. The number of amides is 1. The molecule has 1 amide bonds. The number of methoxy groups -OCH3 is 1. The van der Waals surface area contributed by atoms with Gasteiger partial charge in [-0.1, -0.05) is 12.1 Å². The van der Waals surface area contributed by atoms with Crippen LogP contribution in [-0.4, -0.2) is 41.8 Å². The van der Waals surface area contributed by atoms with Crippen LogP contribution in [0.1, 0.15) is 15.9 Å². The Kier molecular flexibility index (Phi) is 6.89. The van der Waals surface area contributed by atoms with Crippen LogP contribution in [0.3, 0.4) is 0 Å². The second kappa shape index (κ2) is 9.90. The van der Waals surface area contributed by atoms with Gasteiger partial charge in [0.25, 0.3) is 5.91 Å². The fourth-order valence-electron chi connectivity index (χ4n) is 3.69. The van der Waals surface area contributed by atoms with Crippen LogP contribution in [0.25, 0.3) is 22.3 Å². The lowest BCUT2D eigenvalue weighted by Gasteiger charge is -2.20. The number of anilines is 1. The van der Waals surface area contributed by atoms with E-state index >= 15 is 0 Å². The van der Waals surface area contributed by atoms with Gasteiger partial charge >= 0.3 is 0 Å². The Morgan fingerprint density at radius 3 is 2.33 bits per heavy atom. The molecule has 1 heterocycles. The van der Waals surface area contributed by atoms with Gasteiger partial charge < -0.3 is 19.2 Å². The molecule has 4 aromatic rings. The van der Waals surface area contributed by atoms with E-state index in [1.54, 1.807) is 25.3 Å². The predicted octanol–water partition coefficient (Wildman–Crippen LogP) is 4.58. The van der Waals surface area contributed by atoms with E-state index in [9.17, 15) is 17.6 Å². The zero-order valence-corrected chi connectivity index (χ0v) is 21.0. The minimum Gasteiger partial charge on any atom is -0.497 e. The van der Waals surface area contributed by atoms with Crippen molar-refractivity contribution < 1.29 is 31.5 Å². The number of fused-ring (bicyclic) bond motifs is 1. The van der Waals surface area contributed by atoms with E-state index in [4.69, 9.17) is 13.9 Å². The molecule has 0 unspecified atom stereocenters. The normalized spacial score (nSPS) is 11.4. The van der Waals surface area contributed by atoms with Gasteiger partial charge in [-0.3, -0.25) is 9.10 Å². The first-order chi connectivity index (χ1) is 17.1. The van der Waals surface area contributed by atoms with Gasteiger partial charge in [0.05, 0.1) is 24.6 Å². The second-order valence-corrected chi connectivity index (χ2v) is 10.1. The van der Waals surface area contributed by atoms with Gasteiger partial charge in [-0.15, -0.1) is 0 Å². The molecule has 10 heteroatoms. The lowest BCUT2D eigenvalue weighted by molar-refractivity contribution is 0.0964. The molecule has 0 bridgehead atoms. The quantitative estimate of drug-likeness (QED) is 0.371. The van der Waals surface area contributed by atoms with Crippen molar-refractivity contribution in [3.05, 3.63) is 77.6 Å². The Labute approximate surface area is 208 Å². The maximum Gasteiger partial charge on any atom is 0.255 e. The summed E-state index contributed by atoms with van der Waals surface area (Å²) in [5.74, 6) is 0.313. The number of benzene rings is 3. The van der Waals surface area contributed by atoms with Crippen LogP contribution in [0, 0.1) is 5.82 Å². The Bertz CT molecular complexity index is 1510. The summed E-state index contributed by atoms with van der Waals surface area (Å²) in [6.07, 6.45) is 1.08. The number of ether oxygens (including phenoxy) is 2. The summed E-state index contributed by atoms with van der Waals surface area (Å²) in [6, 6.07) is 15.9. The van der Waals surface area contributed by atoms with Crippen molar-refractivity contribution in [3.8, 4) is 22.8 Å². The highest BCUT2D eigenvalue weighted by Crippen LogP contribution is 2.41. The summed E-state index contributed by atoms with van der Waals surface area (Å²) in [7, 11) is 0.818. The SMILES string of the molecule is CNC(=O)c1c(-c2ccc(F)cc2)oc2cc(N(C)S(C)(=O)=O)c(OCc3ccc(OC)cc3)cc12.